The van der Waals surface area contributed by atoms with Crippen molar-refractivity contribution in [3.63, 3.8) is 0 Å². The van der Waals surface area contributed by atoms with Gasteiger partial charge in [-0.3, -0.25) is 9.59 Å². The molecule has 2 aliphatic carbocycles. The average Bonchev–Trinajstić information content (AvgIpc) is 3.79. The largest absolute Gasteiger partial charge is 0.497 e. The van der Waals surface area contributed by atoms with Gasteiger partial charge >= 0.3 is 6.09 Å². The number of ketones is 1. The Balaban J connectivity index is 1.40. The number of hydrogen-bond acceptors (Lipinski definition) is 8. The molecule has 3 heterocycles. The van der Waals surface area contributed by atoms with Crippen LogP contribution in [0.15, 0.2) is 18.2 Å². The molecule has 10 nitrogen and oxygen atoms in total. The van der Waals surface area contributed by atoms with Gasteiger partial charge in [-0.25, -0.2) is 23.5 Å². The van der Waals surface area contributed by atoms with Gasteiger partial charge in [-0.2, -0.15) is 0 Å². The number of nitrogens with zero attached hydrogens (tertiary/aromatic N) is 3. The molecular formula is C33H42F2N4O6. The van der Waals surface area contributed by atoms with Gasteiger partial charge in [0.25, 0.3) is 5.92 Å². The second kappa shape index (κ2) is 11.3. The number of ether oxygens (including phenoxy) is 3. The molecule has 1 N–H and O–H groups in total. The van der Waals surface area contributed by atoms with E-state index in [0.717, 1.165) is 12.8 Å². The number of methoxy groups -OCH3 is 1. The molecule has 2 amide bonds. The second-order valence-electron chi connectivity index (χ2n) is 14.3. The Kier molecular flexibility index (Phi) is 7.92. The summed E-state index contributed by atoms with van der Waals surface area (Å²) in [6.07, 6.45) is 1.45. The predicted molar refractivity (Wildman–Crippen MR) is 160 cm³/mol. The Morgan fingerprint density at radius 1 is 1.09 bits per heavy atom. The number of nitrogens with one attached hydrogen (secondary N) is 1. The number of rotatable bonds is 2. The van der Waals surface area contributed by atoms with E-state index < -0.39 is 59.3 Å². The van der Waals surface area contributed by atoms with Crippen LogP contribution < -0.4 is 14.8 Å². The maximum atomic E-state index is 15.4. The van der Waals surface area contributed by atoms with Crippen molar-refractivity contribution in [1.82, 2.24) is 20.2 Å². The van der Waals surface area contributed by atoms with E-state index in [9.17, 15) is 14.4 Å². The molecule has 3 fully saturated rings. The Morgan fingerprint density at radius 2 is 1.82 bits per heavy atom. The van der Waals surface area contributed by atoms with E-state index >= 15 is 8.78 Å². The van der Waals surface area contributed by atoms with Gasteiger partial charge < -0.3 is 24.4 Å². The summed E-state index contributed by atoms with van der Waals surface area (Å²) in [6.45, 7) is 8.70. The molecule has 0 radical (unpaired) electrons. The molecule has 1 aromatic heterocycles. The Bertz CT molecular complexity index is 1510. The molecule has 6 rings (SSSR count). The van der Waals surface area contributed by atoms with Crippen LogP contribution in [0, 0.1) is 23.2 Å². The fraction of sp³-hybridized carbons (Fsp3) is 0.667. The monoisotopic (exact) mass is 628 g/mol. The summed E-state index contributed by atoms with van der Waals surface area (Å²) in [5.74, 6) is -5.54. The van der Waals surface area contributed by atoms with Crippen molar-refractivity contribution in [2.45, 2.75) is 103 Å². The maximum Gasteiger partial charge on any atom is 0.408 e. The second-order valence-corrected chi connectivity index (χ2v) is 14.3. The first kappa shape index (κ1) is 31.4. The highest BCUT2D eigenvalue weighted by atomic mass is 19.3. The fourth-order valence-corrected chi connectivity index (χ4v) is 7.18. The van der Waals surface area contributed by atoms with Gasteiger partial charge in [-0.05, 0) is 49.7 Å². The van der Waals surface area contributed by atoms with Crippen molar-refractivity contribution in [1.29, 1.82) is 0 Å². The van der Waals surface area contributed by atoms with Crippen molar-refractivity contribution in [2.75, 3.05) is 13.7 Å². The number of carbonyl (C=O) groups excluding carboxylic acids is 3. The summed E-state index contributed by atoms with van der Waals surface area (Å²) in [6, 6.07) is 3.22. The van der Waals surface area contributed by atoms with Gasteiger partial charge in [0.1, 0.15) is 29.7 Å². The lowest BCUT2D eigenvalue weighted by atomic mass is 9.85. The number of aromatic nitrogens is 2. The van der Waals surface area contributed by atoms with Crippen molar-refractivity contribution in [3.05, 3.63) is 23.9 Å². The molecule has 2 aromatic rings. The third-order valence-electron chi connectivity index (χ3n) is 9.95. The van der Waals surface area contributed by atoms with Crippen LogP contribution in [0.25, 0.3) is 11.0 Å². The topological polar surface area (TPSA) is 120 Å². The third-order valence-corrected chi connectivity index (χ3v) is 9.95. The molecule has 2 unspecified atom stereocenters. The summed E-state index contributed by atoms with van der Waals surface area (Å²) in [5.41, 5.74) is 0.249. The SMILES string of the molecule is COc1ccc2nc3c(nc2c1)O[C@H]1CN(C(=O)[C@H](C(C)(C)C)NC(=O)O[C@@H]2C[C@H]2CCCCC2C3C2(F)F)[C@H](C(C)=O)[C@@H]1C. The van der Waals surface area contributed by atoms with Crippen molar-refractivity contribution < 1.29 is 37.4 Å². The molecule has 2 saturated carbocycles. The Morgan fingerprint density at radius 3 is 2.51 bits per heavy atom. The highest BCUT2D eigenvalue weighted by Gasteiger charge is 2.70. The van der Waals surface area contributed by atoms with Crippen molar-refractivity contribution in [2.24, 2.45) is 23.2 Å². The summed E-state index contributed by atoms with van der Waals surface area (Å²) < 4.78 is 48.3. The highest BCUT2D eigenvalue weighted by Crippen LogP contribution is 2.64. The highest BCUT2D eigenvalue weighted by molar-refractivity contribution is 5.92. The summed E-state index contributed by atoms with van der Waals surface area (Å²) in [5, 5.41) is 2.78. The first-order chi connectivity index (χ1) is 21.2. The molecule has 45 heavy (non-hydrogen) atoms. The van der Waals surface area contributed by atoms with Gasteiger partial charge in [-0.15, -0.1) is 0 Å². The first-order valence-corrected chi connectivity index (χ1v) is 15.9. The lowest BCUT2D eigenvalue weighted by molar-refractivity contribution is -0.141. The zero-order valence-electron chi connectivity index (χ0n) is 26.6. The number of amides is 2. The van der Waals surface area contributed by atoms with E-state index in [4.69, 9.17) is 14.2 Å². The zero-order valence-corrected chi connectivity index (χ0v) is 26.6. The van der Waals surface area contributed by atoms with Gasteiger partial charge in [0.05, 0.1) is 36.6 Å². The van der Waals surface area contributed by atoms with Crippen LogP contribution in [0.1, 0.15) is 78.3 Å². The Hall–Kier alpha value is -3.57. The lowest BCUT2D eigenvalue weighted by Gasteiger charge is -2.35. The molecule has 2 aliphatic heterocycles. The summed E-state index contributed by atoms with van der Waals surface area (Å²) in [7, 11) is 1.52. The van der Waals surface area contributed by atoms with E-state index in [-0.39, 0.29) is 35.9 Å². The number of alkyl halides is 2. The van der Waals surface area contributed by atoms with E-state index in [0.29, 0.717) is 36.0 Å². The molecule has 4 aliphatic rings. The minimum atomic E-state index is -2.97. The number of Topliss-reactive ketones (excluding diaryl/α,β-unsaturated/α-hetero) is 1. The quantitative estimate of drug-likeness (QED) is 0.478. The minimum Gasteiger partial charge on any atom is -0.497 e. The van der Waals surface area contributed by atoms with Crippen LogP contribution in [-0.4, -0.2) is 76.5 Å². The molecular weight excluding hydrogens is 586 g/mol. The predicted octanol–water partition coefficient (Wildman–Crippen LogP) is 5.27. The minimum absolute atomic E-state index is 0.00000932. The number of hydrogen-bond donors (Lipinski definition) is 1. The van der Waals surface area contributed by atoms with Crippen LogP contribution in [0.3, 0.4) is 0 Å². The lowest BCUT2D eigenvalue weighted by Crippen LogP contribution is -2.57. The number of benzene rings is 1. The van der Waals surface area contributed by atoms with Crippen LogP contribution >= 0.6 is 0 Å². The fourth-order valence-electron chi connectivity index (χ4n) is 7.18. The standard InChI is InChI=1S/C33H42F2N4O6/c1-16-24-15-39(27(16)17(2)40)30(41)28(32(3,4)5)38-31(42)45-23-13-18(23)9-7-8-10-20-25(33(20,34)35)26-29(44-24)37-22-14-19(43-6)11-12-21(22)36-26/h11-12,14,16,18,20,23-25,27-28H,7-10,13,15H2,1-6H3,(H,38,42)/t16-,18-,20?,23-,24+,25?,27+,28-/m1/s1. The molecule has 244 valence electrons. The number of alkyl carbamates (subject to hydrolysis) is 1. The van der Waals surface area contributed by atoms with Crippen LogP contribution in [0.5, 0.6) is 11.6 Å². The third kappa shape index (κ3) is 5.92. The van der Waals surface area contributed by atoms with E-state index in [1.54, 1.807) is 25.1 Å². The summed E-state index contributed by atoms with van der Waals surface area (Å²) >= 11 is 0. The zero-order chi connectivity index (χ0) is 32.4. The molecule has 8 atom stereocenters. The van der Waals surface area contributed by atoms with Crippen LogP contribution in [-0.2, 0) is 14.3 Å². The van der Waals surface area contributed by atoms with Crippen LogP contribution in [0.2, 0.25) is 0 Å². The first-order valence-electron chi connectivity index (χ1n) is 15.9. The maximum absolute atomic E-state index is 15.4. The normalized spacial score (nSPS) is 33.2. The average molecular weight is 629 g/mol. The smallest absolute Gasteiger partial charge is 0.408 e. The Labute approximate surface area is 261 Å². The van der Waals surface area contributed by atoms with Gasteiger partial charge in [-0.1, -0.05) is 40.5 Å². The molecule has 1 aromatic carbocycles. The summed E-state index contributed by atoms with van der Waals surface area (Å²) in [4.78, 5) is 50.8. The molecule has 12 heteroatoms. The van der Waals surface area contributed by atoms with Crippen molar-refractivity contribution >= 4 is 28.8 Å². The van der Waals surface area contributed by atoms with E-state index in [1.807, 2.05) is 20.8 Å². The molecule has 2 bridgehead atoms. The van der Waals surface area contributed by atoms with E-state index in [1.165, 1.54) is 18.9 Å². The molecule has 1 saturated heterocycles. The van der Waals surface area contributed by atoms with Gasteiger partial charge in [0.2, 0.25) is 11.8 Å². The number of carbonyl (C=O) groups is 3. The van der Waals surface area contributed by atoms with E-state index in [2.05, 4.69) is 15.3 Å². The van der Waals surface area contributed by atoms with Gasteiger partial charge in [0.15, 0.2) is 5.78 Å². The van der Waals surface area contributed by atoms with Gasteiger partial charge in [0, 0.05) is 17.9 Å². The molecule has 0 spiro atoms. The number of fused-ring (bicyclic) bond motifs is 7. The van der Waals surface area contributed by atoms with Crippen LogP contribution in [0.4, 0.5) is 13.6 Å². The van der Waals surface area contributed by atoms with Crippen molar-refractivity contribution in [3.8, 4) is 11.6 Å². The number of halogens is 2.